The molecule has 0 unspecified atom stereocenters. The van der Waals surface area contributed by atoms with Gasteiger partial charge in [-0.05, 0) is 36.6 Å². The number of nitrogens with zero attached hydrogens (tertiary/aromatic N) is 1. The maximum atomic E-state index is 12.5. The van der Waals surface area contributed by atoms with Crippen LogP contribution in [0.4, 0.5) is 5.69 Å². The van der Waals surface area contributed by atoms with E-state index in [9.17, 15) is 13.2 Å². The molecule has 1 N–H and O–H groups in total. The fraction of sp³-hybridized carbons (Fsp3) is 0.381. The third-order valence-electron chi connectivity index (χ3n) is 4.34. The lowest BCUT2D eigenvalue weighted by atomic mass is 10.1. The average Bonchev–Trinajstić information content (AvgIpc) is 2.68. The Morgan fingerprint density at radius 2 is 1.71 bits per heavy atom. The number of nitrogens with one attached hydrogen (secondary N) is 1. The highest BCUT2D eigenvalue weighted by Gasteiger charge is 2.28. The lowest BCUT2D eigenvalue weighted by Gasteiger charge is -2.28. The molecule has 0 bridgehead atoms. The van der Waals surface area contributed by atoms with Crippen molar-refractivity contribution in [1.29, 1.82) is 0 Å². The Kier molecular flexibility index (Phi) is 8.38. The molecule has 152 valence electrons. The van der Waals surface area contributed by atoms with Gasteiger partial charge in [0.25, 0.3) is 0 Å². The molecule has 0 fully saturated rings. The Morgan fingerprint density at radius 3 is 2.29 bits per heavy atom. The fourth-order valence-corrected chi connectivity index (χ4v) is 4.84. The topological polar surface area (TPSA) is 66.5 Å². The monoisotopic (exact) mass is 420 g/mol. The molecule has 7 heteroatoms. The normalized spacial score (nSPS) is 12.4. The van der Waals surface area contributed by atoms with Crippen LogP contribution >= 0.6 is 11.8 Å². The number of hydrogen-bond acceptors (Lipinski definition) is 4. The summed E-state index contributed by atoms with van der Waals surface area (Å²) in [5, 5.41) is 2.85. The van der Waals surface area contributed by atoms with E-state index in [0.717, 1.165) is 29.7 Å². The molecule has 0 saturated heterocycles. The summed E-state index contributed by atoms with van der Waals surface area (Å²) in [6, 6.07) is 16.6. The van der Waals surface area contributed by atoms with Crippen molar-refractivity contribution in [3.8, 4) is 0 Å². The maximum Gasteiger partial charge on any atom is 0.243 e. The third-order valence-corrected chi connectivity index (χ3v) is 6.62. The molecule has 0 aromatic heterocycles. The lowest BCUT2D eigenvalue weighted by molar-refractivity contribution is -0.121. The van der Waals surface area contributed by atoms with Crippen molar-refractivity contribution in [2.75, 3.05) is 22.9 Å². The van der Waals surface area contributed by atoms with Crippen LogP contribution in [0.15, 0.2) is 54.6 Å². The van der Waals surface area contributed by atoms with Crippen molar-refractivity contribution in [3.63, 3.8) is 0 Å². The van der Waals surface area contributed by atoms with E-state index < -0.39 is 16.1 Å². The lowest BCUT2D eigenvalue weighted by Crippen LogP contribution is -2.48. The van der Waals surface area contributed by atoms with Crippen LogP contribution in [0.25, 0.3) is 0 Å². The van der Waals surface area contributed by atoms with Crippen molar-refractivity contribution >= 4 is 33.4 Å². The first-order valence-corrected chi connectivity index (χ1v) is 12.3. The summed E-state index contributed by atoms with van der Waals surface area (Å²) >= 11 is 1.73. The molecular formula is C21H28N2O3S2. The van der Waals surface area contributed by atoms with Crippen LogP contribution in [0, 0.1) is 0 Å². The molecule has 1 amide bonds. The van der Waals surface area contributed by atoms with Crippen LogP contribution in [0.1, 0.15) is 25.0 Å². The Balaban J connectivity index is 1.91. The number of hydrogen-bond donors (Lipinski definition) is 1. The van der Waals surface area contributed by atoms with E-state index in [1.807, 2.05) is 37.3 Å². The third kappa shape index (κ3) is 6.56. The zero-order valence-corrected chi connectivity index (χ0v) is 18.2. The molecule has 0 spiro atoms. The highest BCUT2D eigenvalue weighted by molar-refractivity contribution is 7.98. The molecule has 0 heterocycles. The molecule has 0 saturated carbocycles. The quantitative estimate of drug-likeness (QED) is 0.598. The average molecular weight is 421 g/mol. The van der Waals surface area contributed by atoms with E-state index in [-0.39, 0.29) is 5.91 Å². The molecule has 0 aliphatic heterocycles. The Bertz CT molecular complexity index is 853. The SMILES string of the molecule is CCc1ccc(N([C@H](C)C(=O)NCCSCc2ccccc2)S(C)(=O)=O)cc1. The van der Waals surface area contributed by atoms with E-state index in [1.54, 1.807) is 30.8 Å². The second kappa shape index (κ2) is 10.5. The number of sulfonamides is 1. The van der Waals surface area contributed by atoms with Gasteiger partial charge in [0.1, 0.15) is 6.04 Å². The summed E-state index contributed by atoms with van der Waals surface area (Å²) in [7, 11) is -3.59. The largest absolute Gasteiger partial charge is 0.353 e. The van der Waals surface area contributed by atoms with Crippen molar-refractivity contribution in [2.45, 2.75) is 32.1 Å². The Labute approximate surface area is 172 Å². The van der Waals surface area contributed by atoms with Crippen molar-refractivity contribution in [3.05, 3.63) is 65.7 Å². The van der Waals surface area contributed by atoms with Gasteiger partial charge in [-0.2, -0.15) is 11.8 Å². The Hall–Kier alpha value is -1.99. The van der Waals surface area contributed by atoms with Crippen LogP contribution in [-0.4, -0.2) is 38.9 Å². The molecule has 2 aromatic rings. The number of anilines is 1. The van der Waals surface area contributed by atoms with Crippen LogP contribution < -0.4 is 9.62 Å². The van der Waals surface area contributed by atoms with Crippen LogP contribution in [0.5, 0.6) is 0 Å². The standard InChI is InChI=1S/C21H28N2O3S2/c1-4-18-10-12-20(13-11-18)23(28(3,25)26)17(2)21(24)22-14-15-27-16-19-8-6-5-7-9-19/h5-13,17H,4,14-16H2,1-3H3,(H,22,24)/t17-/m1/s1. The second-order valence-electron chi connectivity index (χ2n) is 6.58. The van der Waals surface area contributed by atoms with Crippen molar-refractivity contribution < 1.29 is 13.2 Å². The summed E-state index contributed by atoms with van der Waals surface area (Å²) in [5.41, 5.74) is 2.86. The van der Waals surface area contributed by atoms with Gasteiger partial charge in [0.2, 0.25) is 15.9 Å². The molecule has 2 rings (SSSR count). The van der Waals surface area contributed by atoms with E-state index >= 15 is 0 Å². The molecule has 2 aromatic carbocycles. The minimum Gasteiger partial charge on any atom is -0.353 e. The van der Waals surface area contributed by atoms with Crippen LogP contribution in [0.2, 0.25) is 0 Å². The first kappa shape index (κ1) is 22.3. The smallest absolute Gasteiger partial charge is 0.243 e. The fourth-order valence-electron chi connectivity index (χ4n) is 2.85. The van der Waals surface area contributed by atoms with E-state index in [2.05, 4.69) is 17.4 Å². The summed E-state index contributed by atoms with van der Waals surface area (Å²) in [6.07, 6.45) is 2.00. The summed E-state index contributed by atoms with van der Waals surface area (Å²) < 4.78 is 25.8. The number of carbonyl (C=O) groups is 1. The zero-order chi connectivity index (χ0) is 20.6. The van der Waals surface area contributed by atoms with Gasteiger partial charge in [-0.25, -0.2) is 8.42 Å². The van der Waals surface area contributed by atoms with Gasteiger partial charge in [-0.3, -0.25) is 9.10 Å². The van der Waals surface area contributed by atoms with Crippen LogP contribution in [-0.2, 0) is 27.0 Å². The van der Waals surface area contributed by atoms with Crippen LogP contribution in [0.3, 0.4) is 0 Å². The summed E-state index contributed by atoms with van der Waals surface area (Å²) in [6.45, 7) is 4.14. The first-order valence-electron chi connectivity index (χ1n) is 9.30. The minimum absolute atomic E-state index is 0.301. The summed E-state index contributed by atoms with van der Waals surface area (Å²) in [4.78, 5) is 12.5. The summed E-state index contributed by atoms with van der Waals surface area (Å²) in [5.74, 6) is 1.34. The highest BCUT2D eigenvalue weighted by Crippen LogP contribution is 2.21. The number of rotatable bonds is 10. The maximum absolute atomic E-state index is 12.5. The van der Waals surface area contributed by atoms with Gasteiger partial charge >= 0.3 is 0 Å². The van der Waals surface area contributed by atoms with Gasteiger partial charge in [0.05, 0.1) is 11.9 Å². The molecule has 1 atom stereocenters. The van der Waals surface area contributed by atoms with E-state index in [4.69, 9.17) is 0 Å². The number of amides is 1. The molecular weight excluding hydrogens is 392 g/mol. The number of thioether (sulfide) groups is 1. The number of aryl methyl sites for hydroxylation is 1. The second-order valence-corrected chi connectivity index (χ2v) is 9.55. The van der Waals surface area contributed by atoms with Gasteiger partial charge in [-0.1, -0.05) is 49.4 Å². The molecule has 0 aliphatic carbocycles. The predicted octanol–water partition coefficient (Wildman–Crippen LogP) is 3.45. The molecule has 0 aliphatic rings. The number of benzene rings is 2. The van der Waals surface area contributed by atoms with E-state index in [1.165, 1.54) is 9.87 Å². The van der Waals surface area contributed by atoms with E-state index in [0.29, 0.717) is 12.2 Å². The first-order chi connectivity index (χ1) is 13.3. The predicted molar refractivity (Wildman–Crippen MR) is 118 cm³/mol. The number of carbonyl (C=O) groups excluding carboxylic acids is 1. The molecule has 0 radical (unpaired) electrons. The highest BCUT2D eigenvalue weighted by atomic mass is 32.2. The Morgan fingerprint density at radius 1 is 1.07 bits per heavy atom. The van der Waals surface area contributed by atoms with Crippen molar-refractivity contribution in [2.24, 2.45) is 0 Å². The van der Waals surface area contributed by atoms with Gasteiger partial charge in [0, 0.05) is 18.1 Å². The minimum atomic E-state index is -3.59. The van der Waals surface area contributed by atoms with Crippen molar-refractivity contribution in [1.82, 2.24) is 5.32 Å². The van der Waals surface area contributed by atoms with Gasteiger partial charge in [0.15, 0.2) is 0 Å². The van der Waals surface area contributed by atoms with Gasteiger partial charge < -0.3 is 5.32 Å². The van der Waals surface area contributed by atoms with Gasteiger partial charge in [-0.15, -0.1) is 0 Å². The molecule has 5 nitrogen and oxygen atoms in total. The molecule has 28 heavy (non-hydrogen) atoms. The zero-order valence-electron chi connectivity index (χ0n) is 16.6.